The van der Waals surface area contributed by atoms with Crippen LogP contribution in [0.25, 0.3) is 10.8 Å². The first-order valence-electron chi connectivity index (χ1n) is 19.1. The Morgan fingerprint density at radius 1 is 0.608 bits per heavy atom. The van der Waals surface area contributed by atoms with Crippen molar-refractivity contribution in [1.82, 2.24) is 0 Å². The number of benzene rings is 2. The van der Waals surface area contributed by atoms with Crippen LogP contribution in [0.15, 0.2) is 61.2 Å². The smallest absolute Gasteiger partial charge is 0.338 e. The Morgan fingerprint density at radius 2 is 1.08 bits per heavy atom. The van der Waals surface area contributed by atoms with Crippen LogP contribution in [-0.2, 0) is 28.5 Å². The van der Waals surface area contributed by atoms with Crippen LogP contribution in [0, 0.1) is 71.0 Å². The van der Waals surface area contributed by atoms with Crippen LogP contribution in [-0.4, -0.2) is 50.3 Å². The Labute approximate surface area is 300 Å². The lowest BCUT2D eigenvalue weighted by molar-refractivity contribution is -0.141. The first kappa shape index (κ1) is 34.2. The van der Waals surface area contributed by atoms with Crippen molar-refractivity contribution in [1.29, 1.82) is 0 Å². The highest BCUT2D eigenvalue weighted by atomic mass is 16.5. The zero-order valence-corrected chi connectivity index (χ0v) is 29.6. The van der Waals surface area contributed by atoms with Crippen molar-refractivity contribution in [2.45, 2.75) is 58.3 Å². The number of hydrogen-bond donors (Lipinski definition) is 0. The zero-order valence-electron chi connectivity index (χ0n) is 29.6. The van der Waals surface area contributed by atoms with Gasteiger partial charge in [-0.3, -0.25) is 0 Å². The molecule has 12 atom stereocenters. The molecule has 51 heavy (non-hydrogen) atoms. The number of ether oxygens (including phenoxy) is 4. The molecule has 0 radical (unpaired) electrons. The number of esters is 4. The minimum absolute atomic E-state index is 0.298. The summed E-state index contributed by atoms with van der Waals surface area (Å²) >= 11 is 0. The molecule has 8 heteroatoms. The van der Waals surface area contributed by atoms with E-state index < -0.39 is 0 Å². The zero-order chi connectivity index (χ0) is 35.4. The Hall–Kier alpha value is -3.94. The van der Waals surface area contributed by atoms with E-state index in [1.807, 2.05) is 24.3 Å². The maximum atomic E-state index is 13.1. The predicted octanol–water partition coefficient (Wildman–Crippen LogP) is 7.60. The molecular weight excluding hydrogens is 644 g/mol. The van der Waals surface area contributed by atoms with Crippen LogP contribution in [0.1, 0.15) is 79.0 Å². The third-order valence-corrected chi connectivity index (χ3v) is 14.0. The van der Waals surface area contributed by atoms with Crippen molar-refractivity contribution in [2.75, 3.05) is 26.4 Å². The minimum atomic E-state index is -0.344. The molecule has 270 valence electrons. The molecule has 8 rings (SSSR count). The van der Waals surface area contributed by atoms with Crippen molar-refractivity contribution in [3.05, 3.63) is 72.3 Å². The molecule has 6 saturated carbocycles. The van der Waals surface area contributed by atoms with Gasteiger partial charge in [0.25, 0.3) is 0 Å². The fraction of sp³-hybridized carbons (Fsp3) is 0.581. The average molecular weight is 695 g/mol. The summed E-state index contributed by atoms with van der Waals surface area (Å²) in [7, 11) is 0. The third-order valence-electron chi connectivity index (χ3n) is 14.0. The fourth-order valence-electron chi connectivity index (χ4n) is 11.9. The molecule has 4 bridgehead atoms. The number of hydrogen-bond acceptors (Lipinski definition) is 8. The lowest BCUT2D eigenvalue weighted by Gasteiger charge is -2.31. The number of fused-ring (bicyclic) bond motifs is 11. The van der Waals surface area contributed by atoms with Gasteiger partial charge in [-0.15, -0.1) is 0 Å². The van der Waals surface area contributed by atoms with Crippen molar-refractivity contribution >= 4 is 34.6 Å². The Kier molecular flexibility index (Phi) is 9.30. The molecule has 6 aliphatic rings. The first-order valence-corrected chi connectivity index (χ1v) is 19.1. The topological polar surface area (TPSA) is 105 Å². The lowest BCUT2D eigenvalue weighted by Crippen LogP contribution is -2.28. The predicted molar refractivity (Wildman–Crippen MR) is 190 cm³/mol. The van der Waals surface area contributed by atoms with E-state index in [1.54, 1.807) is 19.1 Å². The second-order valence-corrected chi connectivity index (χ2v) is 16.8. The molecule has 0 saturated heterocycles. The third kappa shape index (κ3) is 6.64. The van der Waals surface area contributed by atoms with Crippen LogP contribution in [0.2, 0.25) is 0 Å². The van der Waals surface area contributed by atoms with E-state index in [1.165, 1.54) is 18.9 Å². The fourth-order valence-corrected chi connectivity index (χ4v) is 11.9. The van der Waals surface area contributed by atoms with Gasteiger partial charge in [0.1, 0.15) is 0 Å². The van der Waals surface area contributed by atoms with Crippen LogP contribution in [0.5, 0.6) is 0 Å². The van der Waals surface area contributed by atoms with Gasteiger partial charge in [0, 0.05) is 11.6 Å². The van der Waals surface area contributed by atoms with Crippen LogP contribution in [0.3, 0.4) is 0 Å². The van der Waals surface area contributed by atoms with Gasteiger partial charge < -0.3 is 18.9 Å². The summed E-state index contributed by atoms with van der Waals surface area (Å²) in [5, 5.41) is 1.75. The second kappa shape index (κ2) is 13.9. The van der Waals surface area contributed by atoms with Gasteiger partial charge in [-0.2, -0.15) is 0 Å². The highest BCUT2D eigenvalue weighted by molar-refractivity contribution is 5.99. The molecule has 0 heterocycles. The molecule has 2 aromatic rings. The molecule has 0 N–H and O–H groups in total. The Balaban J connectivity index is 0.796. The molecule has 6 fully saturated rings. The van der Waals surface area contributed by atoms with Gasteiger partial charge in [0.2, 0.25) is 0 Å². The molecule has 0 spiro atoms. The number of carbonyl (C=O) groups excluding carboxylic acids is 4. The van der Waals surface area contributed by atoms with Crippen molar-refractivity contribution in [3.63, 3.8) is 0 Å². The SMILES string of the molecule is C=CC(=O)OCC1CC2CC1[C@@H]1CC(COC(=O)c3ccc4cc(C(=O)OCC5C[C@@H]6C7CC(CC7COC(=O)C(=C)C)[C@@H]6C5)ccc4c3)C[C@H]21. The van der Waals surface area contributed by atoms with E-state index in [0.29, 0.717) is 114 Å². The van der Waals surface area contributed by atoms with Crippen molar-refractivity contribution < 1.29 is 38.1 Å². The van der Waals surface area contributed by atoms with E-state index in [9.17, 15) is 19.2 Å². The molecule has 2 aromatic carbocycles. The van der Waals surface area contributed by atoms with Crippen LogP contribution < -0.4 is 0 Å². The summed E-state index contributed by atoms with van der Waals surface area (Å²) in [6, 6.07) is 11.0. The average Bonchev–Trinajstić information content (AvgIpc) is 3.98. The van der Waals surface area contributed by atoms with Gasteiger partial charge in [0.05, 0.1) is 37.6 Å². The highest BCUT2D eigenvalue weighted by Crippen LogP contribution is 2.63. The second-order valence-electron chi connectivity index (χ2n) is 16.8. The van der Waals surface area contributed by atoms with Gasteiger partial charge in [0.15, 0.2) is 0 Å². The Morgan fingerprint density at radius 3 is 1.55 bits per heavy atom. The molecule has 0 aliphatic heterocycles. The summed E-state index contributed by atoms with van der Waals surface area (Å²) in [4.78, 5) is 49.7. The number of rotatable bonds is 12. The number of carbonyl (C=O) groups is 4. The first-order chi connectivity index (χ1) is 24.6. The lowest BCUT2D eigenvalue weighted by atomic mass is 9.76. The molecule has 6 aliphatic carbocycles. The van der Waals surface area contributed by atoms with Crippen LogP contribution >= 0.6 is 0 Å². The maximum Gasteiger partial charge on any atom is 0.338 e. The molecule has 0 amide bonds. The summed E-state index contributed by atoms with van der Waals surface area (Å²) in [5.74, 6) is 5.54. The van der Waals surface area contributed by atoms with Crippen molar-refractivity contribution in [3.8, 4) is 0 Å². The molecule has 0 aromatic heterocycles. The summed E-state index contributed by atoms with van der Waals surface area (Å²) in [5.41, 5.74) is 1.47. The maximum absolute atomic E-state index is 13.1. The Bertz CT molecular complexity index is 1740. The quantitative estimate of drug-likeness (QED) is 0.127. The van der Waals surface area contributed by atoms with Crippen LogP contribution in [0.4, 0.5) is 0 Å². The van der Waals surface area contributed by atoms with Gasteiger partial charge >= 0.3 is 23.9 Å². The highest BCUT2D eigenvalue weighted by Gasteiger charge is 2.57. The van der Waals surface area contributed by atoms with E-state index in [0.717, 1.165) is 49.3 Å². The van der Waals surface area contributed by atoms with E-state index in [-0.39, 0.29) is 23.9 Å². The molecular formula is C43H50O8. The minimum Gasteiger partial charge on any atom is -0.462 e. The molecule has 8 nitrogen and oxygen atoms in total. The van der Waals surface area contributed by atoms with E-state index in [2.05, 4.69) is 13.2 Å². The van der Waals surface area contributed by atoms with Crippen molar-refractivity contribution in [2.24, 2.45) is 71.0 Å². The normalized spacial score (nSPS) is 35.3. The standard InChI is InChI=1S/C43H50O8/c1-4-40(44)48-21-32-15-30-17-36(32)38-11-24(9-34(30)38)19-49-42(46)28-7-5-27-14-29(8-6-26(27)13-28)43(47)50-20-25-10-35-31-16-33(22-51-41(45)23(2)3)37(18-31)39(35)12-25/h4-8,13-14,24-25,30-39H,1-2,9-12,15-22H2,3H3/t24?,25?,30?,31?,32?,33?,34-,35+,36?,37?,38-,39+/m1/s1. The summed E-state index contributed by atoms with van der Waals surface area (Å²) in [6.45, 7) is 10.7. The molecule has 8 unspecified atom stereocenters. The summed E-state index contributed by atoms with van der Waals surface area (Å²) < 4.78 is 22.6. The largest absolute Gasteiger partial charge is 0.462 e. The van der Waals surface area contributed by atoms with Gasteiger partial charge in [-0.25, -0.2) is 19.2 Å². The van der Waals surface area contributed by atoms with Gasteiger partial charge in [-0.1, -0.05) is 25.3 Å². The monoisotopic (exact) mass is 694 g/mol. The van der Waals surface area contributed by atoms with E-state index >= 15 is 0 Å². The van der Waals surface area contributed by atoms with E-state index in [4.69, 9.17) is 18.9 Å². The van der Waals surface area contributed by atoms with Gasteiger partial charge in [-0.05, 0) is 164 Å². The summed E-state index contributed by atoms with van der Waals surface area (Å²) in [6.07, 6.45) is 10.3.